The second-order valence-corrected chi connectivity index (χ2v) is 8.82. The van der Waals surface area contributed by atoms with Gasteiger partial charge in [0.2, 0.25) is 11.8 Å². The van der Waals surface area contributed by atoms with Crippen LogP contribution < -0.4 is 4.74 Å². The maximum Gasteiger partial charge on any atom is 0.247 e. The van der Waals surface area contributed by atoms with Gasteiger partial charge in [-0.25, -0.2) is 5.01 Å². The molecule has 0 spiro atoms. The molecule has 3 aliphatic rings. The van der Waals surface area contributed by atoms with E-state index in [1.165, 1.54) is 5.01 Å². The molecule has 0 bridgehead atoms. The van der Waals surface area contributed by atoms with Crippen LogP contribution >= 0.6 is 0 Å². The number of nitriles is 1. The largest absolute Gasteiger partial charge is 0.485 e. The molecule has 2 aliphatic heterocycles. The van der Waals surface area contributed by atoms with Gasteiger partial charge >= 0.3 is 0 Å². The molecule has 1 amide bonds. The lowest BCUT2D eigenvalue weighted by Gasteiger charge is -2.42. The lowest BCUT2D eigenvalue weighted by Crippen LogP contribution is -2.50. The number of rotatable bonds is 3. The molecule has 7 nitrogen and oxygen atoms in total. The Bertz CT molecular complexity index is 1110. The molecule has 1 N–H and O–H groups in total. The monoisotopic (exact) mass is 417 g/mol. The maximum absolute atomic E-state index is 12.7. The molecule has 2 aromatic carbocycles. The zero-order chi connectivity index (χ0) is 21.8. The summed E-state index contributed by atoms with van der Waals surface area (Å²) < 4.78 is 12.3. The molecule has 1 fully saturated rings. The van der Waals surface area contributed by atoms with Crippen molar-refractivity contribution in [3.05, 3.63) is 65.2 Å². The number of nitrogens with zero attached hydrogens (tertiary/aromatic N) is 3. The molecule has 2 heterocycles. The van der Waals surface area contributed by atoms with Crippen LogP contribution in [0.25, 0.3) is 0 Å². The highest BCUT2D eigenvalue weighted by Crippen LogP contribution is 2.48. The fourth-order valence-electron chi connectivity index (χ4n) is 4.22. The summed E-state index contributed by atoms with van der Waals surface area (Å²) in [6.07, 6.45) is -1.04. The highest BCUT2D eigenvalue weighted by atomic mass is 16.5. The highest BCUT2D eigenvalue weighted by molar-refractivity contribution is 5.96. The van der Waals surface area contributed by atoms with Gasteiger partial charge in [0.25, 0.3) is 0 Å². The minimum atomic E-state index is -0.978. The van der Waals surface area contributed by atoms with Crippen molar-refractivity contribution in [1.29, 1.82) is 5.26 Å². The molecular weight excluding hydrogens is 394 g/mol. The Morgan fingerprint density at radius 1 is 1.26 bits per heavy atom. The van der Waals surface area contributed by atoms with Crippen LogP contribution in [0.15, 0.2) is 53.6 Å². The van der Waals surface area contributed by atoms with E-state index in [0.717, 1.165) is 5.56 Å². The topological polar surface area (TPSA) is 95.2 Å². The van der Waals surface area contributed by atoms with Crippen LogP contribution in [0.2, 0.25) is 0 Å². The summed E-state index contributed by atoms with van der Waals surface area (Å²) in [6, 6.07) is 16.9. The number of fused-ring (bicyclic) bond motifs is 2. The van der Waals surface area contributed by atoms with E-state index in [4.69, 9.17) is 9.47 Å². The van der Waals surface area contributed by atoms with Gasteiger partial charge in [-0.3, -0.25) is 4.79 Å². The number of carbonyl (C=O) groups excluding carboxylic acids is 1. The normalized spacial score (nSPS) is 27.9. The summed E-state index contributed by atoms with van der Waals surface area (Å²) in [6.45, 7) is 3.96. The Hall–Kier alpha value is -3.37. The lowest BCUT2D eigenvalue weighted by molar-refractivity contribution is -0.135. The van der Waals surface area contributed by atoms with E-state index in [1.807, 2.05) is 30.3 Å². The fraction of sp³-hybridized carbons (Fsp3) is 0.375. The summed E-state index contributed by atoms with van der Waals surface area (Å²) in [5, 5.41) is 26.3. The molecular formula is C24H23N3O4. The maximum atomic E-state index is 12.7. The first kappa shape index (κ1) is 19.6. The van der Waals surface area contributed by atoms with Crippen molar-refractivity contribution in [2.75, 3.05) is 0 Å². The summed E-state index contributed by atoms with van der Waals surface area (Å²) in [5.74, 6) is 0.823. The third-order valence-corrected chi connectivity index (χ3v) is 6.14. The second-order valence-electron chi connectivity index (χ2n) is 8.82. The average Bonchev–Trinajstić information content (AvgIpc) is 3.56. The molecule has 2 unspecified atom stereocenters. The molecule has 0 saturated heterocycles. The van der Waals surface area contributed by atoms with E-state index in [0.29, 0.717) is 35.7 Å². The minimum absolute atomic E-state index is 0.00113. The van der Waals surface area contributed by atoms with Crippen molar-refractivity contribution in [3.8, 4) is 11.8 Å². The highest BCUT2D eigenvalue weighted by Gasteiger charge is 2.55. The van der Waals surface area contributed by atoms with E-state index in [-0.39, 0.29) is 17.7 Å². The van der Waals surface area contributed by atoms with Gasteiger partial charge in [0.1, 0.15) is 17.5 Å². The fourth-order valence-corrected chi connectivity index (χ4v) is 4.22. The van der Waals surface area contributed by atoms with Crippen molar-refractivity contribution in [3.63, 3.8) is 0 Å². The molecule has 0 aromatic heterocycles. The number of benzene rings is 2. The van der Waals surface area contributed by atoms with Crippen LogP contribution in [0.3, 0.4) is 0 Å². The van der Waals surface area contributed by atoms with E-state index < -0.39 is 17.8 Å². The Balaban J connectivity index is 1.47. The van der Waals surface area contributed by atoms with Gasteiger partial charge in [0.05, 0.1) is 24.1 Å². The SMILES string of the molecule is CC1(C)Oc2ccc(C#N)cc2[C@@H](OC2=NN(Cc3ccccc3)C(=O)C3CC23)[C@@H]1O. The molecule has 1 aliphatic carbocycles. The zero-order valence-corrected chi connectivity index (χ0v) is 17.4. The van der Waals surface area contributed by atoms with Gasteiger partial charge in [-0.05, 0) is 44.0 Å². The molecule has 4 atom stereocenters. The molecule has 5 rings (SSSR count). The van der Waals surface area contributed by atoms with Crippen molar-refractivity contribution < 1.29 is 19.4 Å². The quantitative estimate of drug-likeness (QED) is 0.828. The third kappa shape index (κ3) is 3.43. The third-order valence-electron chi connectivity index (χ3n) is 6.14. The number of hydrogen-bond acceptors (Lipinski definition) is 6. The molecule has 2 aromatic rings. The average molecular weight is 417 g/mol. The Labute approximate surface area is 180 Å². The molecule has 7 heteroatoms. The van der Waals surface area contributed by atoms with Crippen molar-refractivity contribution >= 4 is 11.8 Å². The van der Waals surface area contributed by atoms with Crippen LogP contribution in [0.1, 0.15) is 43.1 Å². The van der Waals surface area contributed by atoms with Gasteiger partial charge in [-0.15, -0.1) is 5.10 Å². The molecule has 1 saturated carbocycles. The van der Waals surface area contributed by atoms with Crippen molar-refractivity contribution in [1.82, 2.24) is 5.01 Å². The first-order valence-corrected chi connectivity index (χ1v) is 10.4. The number of amides is 1. The molecule has 31 heavy (non-hydrogen) atoms. The molecule has 158 valence electrons. The second kappa shape index (κ2) is 7.10. The van der Waals surface area contributed by atoms with Crippen LogP contribution in [-0.4, -0.2) is 33.6 Å². The standard InChI is InChI=1S/C24H23N3O4/c1-24(2)21(28)20(18-10-15(12-25)8-9-19(18)31-24)30-22-16-11-17(16)23(29)27(26-22)13-14-6-4-3-5-7-14/h3-10,16-17,20-21,28H,11,13H2,1-2H3/t16?,17?,20-,21+/m1/s1. The summed E-state index contributed by atoms with van der Waals surface area (Å²) in [5.41, 5.74) is 1.16. The summed E-state index contributed by atoms with van der Waals surface area (Å²) >= 11 is 0. The van der Waals surface area contributed by atoms with E-state index in [9.17, 15) is 15.2 Å². The Kier molecular flexibility index (Phi) is 4.49. The van der Waals surface area contributed by atoms with Gasteiger partial charge in [-0.2, -0.15) is 5.26 Å². The number of hydrazone groups is 1. The number of hydrogen-bond donors (Lipinski definition) is 1. The minimum Gasteiger partial charge on any atom is -0.485 e. The van der Waals surface area contributed by atoms with Gasteiger partial charge in [0.15, 0.2) is 6.10 Å². The first-order chi connectivity index (χ1) is 14.9. The van der Waals surface area contributed by atoms with Gasteiger partial charge < -0.3 is 14.6 Å². The molecule has 0 radical (unpaired) electrons. The van der Waals surface area contributed by atoms with Crippen molar-refractivity contribution in [2.24, 2.45) is 16.9 Å². The summed E-state index contributed by atoms with van der Waals surface area (Å²) in [4.78, 5) is 12.7. The Morgan fingerprint density at radius 3 is 2.77 bits per heavy atom. The number of carbonyl (C=O) groups is 1. The van der Waals surface area contributed by atoms with Crippen LogP contribution in [-0.2, 0) is 16.1 Å². The number of ether oxygens (including phenoxy) is 2. The van der Waals surface area contributed by atoms with Crippen LogP contribution in [0, 0.1) is 23.2 Å². The van der Waals surface area contributed by atoms with E-state index in [2.05, 4.69) is 11.2 Å². The van der Waals surface area contributed by atoms with E-state index in [1.54, 1.807) is 32.0 Å². The van der Waals surface area contributed by atoms with Crippen LogP contribution in [0.4, 0.5) is 0 Å². The summed E-state index contributed by atoms with van der Waals surface area (Å²) in [7, 11) is 0. The predicted octanol–water partition coefficient (Wildman–Crippen LogP) is 3.14. The smallest absolute Gasteiger partial charge is 0.247 e. The number of aliphatic hydroxyl groups is 1. The van der Waals surface area contributed by atoms with Gasteiger partial charge in [0, 0.05) is 11.5 Å². The Morgan fingerprint density at radius 2 is 2.03 bits per heavy atom. The van der Waals surface area contributed by atoms with Crippen LogP contribution in [0.5, 0.6) is 5.75 Å². The lowest BCUT2D eigenvalue weighted by atomic mass is 9.87. The van der Waals surface area contributed by atoms with Gasteiger partial charge in [-0.1, -0.05) is 30.3 Å². The predicted molar refractivity (Wildman–Crippen MR) is 112 cm³/mol. The zero-order valence-electron chi connectivity index (χ0n) is 17.4. The first-order valence-electron chi connectivity index (χ1n) is 10.4. The van der Waals surface area contributed by atoms with Crippen molar-refractivity contribution in [2.45, 2.75) is 44.6 Å². The number of aliphatic hydroxyl groups excluding tert-OH is 1. The van der Waals surface area contributed by atoms with E-state index >= 15 is 0 Å².